The minimum absolute atomic E-state index is 0.0540. The molecule has 0 saturated carbocycles. The highest BCUT2D eigenvalue weighted by molar-refractivity contribution is 5.87. The molecule has 0 aliphatic rings. The van der Waals surface area contributed by atoms with Gasteiger partial charge in [0.05, 0.1) is 23.2 Å². The van der Waals surface area contributed by atoms with Crippen LogP contribution in [0.1, 0.15) is 12.6 Å². The van der Waals surface area contributed by atoms with E-state index in [0.717, 1.165) is 10.9 Å². The van der Waals surface area contributed by atoms with Crippen molar-refractivity contribution in [2.45, 2.75) is 6.92 Å². The van der Waals surface area contributed by atoms with Crippen molar-refractivity contribution >= 4 is 17.0 Å². The number of hydrogen-bond acceptors (Lipinski definition) is 4. The smallest absolute Gasteiger partial charge is 0.245 e. The van der Waals surface area contributed by atoms with Gasteiger partial charge in [-0.2, -0.15) is 5.10 Å². The van der Waals surface area contributed by atoms with Crippen LogP contribution in [0.2, 0.25) is 0 Å². The highest BCUT2D eigenvalue weighted by atomic mass is 16.6. The van der Waals surface area contributed by atoms with E-state index >= 15 is 0 Å². The van der Waals surface area contributed by atoms with Gasteiger partial charge in [0, 0.05) is 18.4 Å². The standard InChI is InChI=1S/C11H11N3O3/c1-7(14(15)16)5-11-9-6-8(17-2)3-4-10(9)12-13-11/h3-6H,1-2H3,(H,12,13)/b7-5-. The van der Waals surface area contributed by atoms with Crippen LogP contribution in [0.25, 0.3) is 17.0 Å². The summed E-state index contributed by atoms with van der Waals surface area (Å²) in [7, 11) is 1.57. The molecule has 2 aromatic rings. The predicted molar refractivity (Wildman–Crippen MR) is 63.3 cm³/mol. The summed E-state index contributed by atoms with van der Waals surface area (Å²) in [6, 6.07) is 5.37. The van der Waals surface area contributed by atoms with Crippen LogP contribution >= 0.6 is 0 Å². The number of nitrogens with zero attached hydrogens (tertiary/aromatic N) is 2. The fourth-order valence-electron chi connectivity index (χ4n) is 1.51. The van der Waals surface area contributed by atoms with E-state index in [4.69, 9.17) is 4.74 Å². The van der Waals surface area contributed by atoms with Crippen molar-refractivity contribution in [1.29, 1.82) is 0 Å². The van der Waals surface area contributed by atoms with Crippen LogP contribution in [0.4, 0.5) is 0 Å². The Bertz CT molecular complexity index is 601. The van der Waals surface area contributed by atoms with E-state index in [1.807, 2.05) is 0 Å². The van der Waals surface area contributed by atoms with E-state index in [1.54, 1.807) is 25.3 Å². The first kappa shape index (κ1) is 11.1. The zero-order chi connectivity index (χ0) is 12.4. The molecule has 6 nitrogen and oxygen atoms in total. The molecule has 0 fully saturated rings. The van der Waals surface area contributed by atoms with Crippen molar-refractivity contribution in [2.24, 2.45) is 0 Å². The molecule has 1 aromatic carbocycles. The number of nitrogens with one attached hydrogen (secondary N) is 1. The maximum Gasteiger partial charge on any atom is 0.245 e. The fraction of sp³-hybridized carbons (Fsp3) is 0.182. The van der Waals surface area contributed by atoms with Gasteiger partial charge in [0.1, 0.15) is 5.75 Å². The number of H-pyrrole nitrogens is 1. The highest BCUT2D eigenvalue weighted by Gasteiger charge is 2.08. The molecular formula is C11H11N3O3. The van der Waals surface area contributed by atoms with E-state index in [9.17, 15) is 10.1 Å². The highest BCUT2D eigenvalue weighted by Crippen LogP contribution is 2.23. The Hall–Kier alpha value is -2.37. The molecule has 1 heterocycles. The number of rotatable bonds is 3. The van der Waals surface area contributed by atoms with Gasteiger partial charge in [0.2, 0.25) is 5.70 Å². The van der Waals surface area contributed by atoms with Crippen LogP contribution in [-0.4, -0.2) is 22.2 Å². The van der Waals surface area contributed by atoms with Crippen molar-refractivity contribution in [3.8, 4) is 5.75 Å². The Kier molecular flexibility index (Phi) is 2.78. The monoisotopic (exact) mass is 233 g/mol. The van der Waals surface area contributed by atoms with Gasteiger partial charge in [0.25, 0.3) is 0 Å². The number of aromatic nitrogens is 2. The number of benzene rings is 1. The van der Waals surface area contributed by atoms with Gasteiger partial charge in [-0.3, -0.25) is 15.2 Å². The maximum absolute atomic E-state index is 10.6. The third-order valence-electron chi connectivity index (χ3n) is 2.43. The predicted octanol–water partition coefficient (Wildman–Crippen LogP) is 2.21. The lowest BCUT2D eigenvalue weighted by Crippen LogP contribution is -1.93. The van der Waals surface area contributed by atoms with Crippen LogP contribution < -0.4 is 4.74 Å². The molecule has 0 spiro atoms. The Labute approximate surface area is 97.0 Å². The number of fused-ring (bicyclic) bond motifs is 1. The Balaban J connectivity index is 2.55. The van der Waals surface area contributed by atoms with Gasteiger partial charge in [-0.25, -0.2) is 0 Å². The summed E-state index contributed by atoms with van der Waals surface area (Å²) in [6.07, 6.45) is 1.45. The average molecular weight is 233 g/mol. The molecule has 0 radical (unpaired) electrons. The van der Waals surface area contributed by atoms with Crippen molar-refractivity contribution in [2.75, 3.05) is 7.11 Å². The van der Waals surface area contributed by atoms with Gasteiger partial charge in [-0.1, -0.05) is 0 Å². The molecule has 0 aliphatic carbocycles. The number of ether oxygens (including phenoxy) is 1. The largest absolute Gasteiger partial charge is 0.497 e. The molecule has 17 heavy (non-hydrogen) atoms. The number of aromatic amines is 1. The van der Waals surface area contributed by atoms with E-state index < -0.39 is 4.92 Å². The van der Waals surface area contributed by atoms with E-state index in [-0.39, 0.29) is 5.70 Å². The summed E-state index contributed by atoms with van der Waals surface area (Å²) < 4.78 is 5.10. The Morgan fingerprint density at radius 1 is 1.59 bits per heavy atom. The lowest BCUT2D eigenvalue weighted by Gasteiger charge is -1.98. The number of allylic oxidation sites excluding steroid dienone is 1. The molecule has 6 heteroatoms. The van der Waals surface area contributed by atoms with Crippen molar-refractivity contribution in [3.63, 3.8) is 0 Å². The van der Waals surface area contributed by atoms with Crippen LogP contribution in [0.15, 0.2) is 23.9 Å². The maximum atomic E-state index is 10.6. The normalized spacial score (nSPS) is 11.8. The second kappa shape index (κ2) is 4.25. The summed E-state index contributed by atoms with van der Waals surface area (Å²) >= 11 is 0. The Morgan fingerprint density at radius 3 is 3.00 bits per heavy atom. The van der Waals surface area contributed by atoms with Crippen LogP contribution in [0, 0.1) is 10.1 Å². The molecule has 1 N–H and O–H groups in total. The molecule has 88 valence electrons. The molecule has 0 atom stereocenters. The summed E-state index contributed by atoms with van der Waals surface area (Å²) in [6.45, 7) is 1.44. The SMILES string of the molecule is COc1ccc2n[nH]c(/C=C(/C)[N+](=O)[O-])c2c1. The molecule has 0 unspecified atom stereocenters. The zero-order valence-electron chi connectivity index (χ0n) is 9.43. The summed E-state index contributed by atoms with van der Waals surface area (Å²) in [5, 5.41) is 18.2. The molecule has 0 amide bonds. The summed E-state index contributed by atoms with van der Waals surface area (Å²) in [5.74, 6) is 0.687. The van der Waals surface area contributed by atoms with E-state index in [1.165, 1.54) is 13.0 Å². The lowest BCUT2D eigenvalue weighted by atomic mass is 10.2. The van der Waals surface area contributed by atoms with Crippen molar-refractivity contribution < 1.29 is 9.66 Å². The molecule has 2 rings (SSSR count). The quantitative estimate of drug-likeness (QED) is 0.650. The summed E-state index contributed by atoms with van der Waals surface area (Å²) in [4.78, 5) is 10.1. The van der Waals surface area contributed by atoms with E-state index in [2.05, 4.69) is 10.2 Å². The second-order valence-corrected chi connectivity index (χ2v) is 3.56. The van der Waals surface area contributed by atoms with Crippen LogP contribution in [-0.2, 0) is 0 Å². The third kappa shape index (κ3) is 2.10. The van der Waals surface area contributed by atoms with E-state index in [0.29, 0.717) is 11.4 Å². The third-order valence-corrected chi connectivity index (χ3v) is 2.43. The zero-order valence-corrected chi connectivity index (χ0v) is 9.43. The minimum atomic E-state index is -0.438. The number of nitro groups is 1. The minimum Gasteiger partial charge on any atom is -0.497 e. The van der Waals surface area contributed by atoms with Gasteiger partial charge >= 0.3 is 0 Å². The number of methoxy groups -OCH3 is 1. The first-order chi connectivity index (χ1) is 8.11. The molecular weight excluding hydrogens is 222 g/mol. The van der Waals surface area contributed by atoms with Crippen LogP contribution in [0.3, 0.4) is 0 Å². The van der Waals surface area contributed by atoms with Gasteiger partial charge in [0.15, 0.2) is 0 Å². The number of hydrogen-bond donors (Lipinski definition) is 1. The average Bonchev–Trinajstić information content (AvgIpc) is 2.71. The molecule has 1 aromatic heterocycles. The summed E-state index contributed by atoms with van der Waals surface area (Å²) in [5.41, 5.74) is 1.40. The lowest BCUT2D eigenvalue weighted by molar-refractivity contribution is -0.422. The van der Waals surface area contributed by atoms with Crippen molar-refractivity contribution in [3.05, 3.63) is 39.7 Å². The topological polar surface area (TPSA) is 81.0 Å². The van der Waals surface area contributed by atoms with Crippen molar-refractivity contribution in [1.82, 2.24) is 10.2 Å². The van der Waals surface area contributed by atoms with Gasteiger partial charge in [-0.15, -0.1) is 0 Å². The molecule has 0 aliphatic heterocycles. The second-order valence-electron chi connectivity index (χ2n) is 3.56. The van der Waals surface area contributed by atoms with Gasteiger partial charge < -0.3 is 4.74 Å². The van der Waals surface area contributed by atoms with Crippen LogP contribution in [0.5, 0.6) is 5.75 Å². The first-order valence-electron chi connectivity index (χ1n) is 4.96. The Morgan fingerprint density at radius 2 is 2.35 bits per heavy atom. The fourth-order valence-corrected chi connectivity index (χ4v) is 1.51. The van der Waals surface area contributed by atoms with Gasteiger partial charge in [-0.05, 0) is 18.2 Å². The molecule has 0 bridgehead atoms. The molecule has 0 saturated heterocycles. The first-order valence-corrected chi connectivity index (χ1v) is 4.96.